The molecule has 0 amide bonds. The van der Waals surface area contributed by atoms with Crippen molar-refractivity contribution < 1.29 is 9.53 Å². The number of fused-ring (bicyclic) bond motifs is 1. The zero-order chi connectivity index (χ0) is 11.5. The second-order valence-corrected chi connectivity index (χ2v) is 3.68. The minimum atomic E-state index is -0.255. The number of hydrogen-bond donors (Lipinski definition) is 1. The van der Waals surface area contributed by atoms with Gasteiger partial charge in [-0.1, -0.05) is 12.1 Å². The van der Waals surface area contributed by atoms with Crippen LogP contribution in [0.4, 0.5) is 0 Å². The molecule has 0 aliphatic carbocycles. The zero-order valence-electron chi connectivity index (χ0n) is 8.79. The molecular weight excluding hydrogens is 228 g/mol. The van der Waals surface area contributed by atoms with Crippen molar-refractivity contribution in [3.63, 3.8) is 0 Å². The quantitative estimate of drug-likeness (QED) is 0.835. The van der Waals surface area contributed by atoms with E-state index in [0.717, 1.165) is 16.6 Å². The van der Waals surface area contributed by atoms with Gasteiger partial charge >= 0.3 is 5.97 Å². The molecule has 0 fully saturated rings. The Morgan fingerprint density at radius 1 is 1.56 bits per heavy atom. The molecule has 0 aliphatic heterocycles. The maximum atomic E-state index is 11.4. The molecule has 0 bridgehead atoms. The molecule has 0 spiro atoms. The number of aromatic amines is 1. The van der Waals surface area contributed by atoms with Gasteiger partial charge in [-0.25, -0.2) is 4.98 Å². The Bertz CT molecular complexity index is 522. The van der Waals surface area contributed by atoms with E-state index in [2.05, 4.69) is 9.97 Å². The number of aromatic nitrogens is 2. The normalized spacial score (nSPS) is 10.6. The Morgan fingerprint density at radius 2 is 2.38 bits per heavy atom. The summed E-state index contributed by atoms with van der Waals surface area (Å²) in [5, 5.41) is 0.325. The van der Waals surface area contributed by atoms with E-state index in [-0.39, 0.29) is 12.4 Å². The SMILES string of the molecule is CCOC(=O)Cc1cccc2[nH]c(Cl)nc12. The van der Waals surface area contributed by atoms with Crippen molar-refractivity contribution in [3.05, 3.63) is 29.0 Å². The number of carbonyl (C=O) groups excluding carboxylic acids is 1. The molecule has 1 N–H and O–H groups in total. The number of hydrogen-bond acceptors (Lipinski definition) is 3. The topological polar surface area (TPSA) is 55.0 Å². The largest absolute Gasteiger partial charge is 0.466 e. The summed E-state index contributed by atoms with van der Waals surface area (Å²) in [7, 11) is 0. The van der Waals surface area contributed by atoms with E-state index in [1.54, 1.807) is 6.92 Å². The van der Waals surface area contributed by atoms with Gasteiger partial charge in [-0.3, -0.25) is 4.79 Å². The van der Waals surface area contributed by atoms with Crippen molar-refractivity contribution >= 4 is 28.6 Å². The van der Waals surface area contributed by atoms with Crippen molar-refractivity contribution in [2.75, 3.05) is 6.61 Å². The van der Waals surface area contributed by atoms with Crippen LogP contribution in [-0.2, 0) is 16.0 Å². The molecule has 0 aliphatic rings. The van der Waals surface area contributed by atoms with Gasteiger partial charge in [0.2, 0.25) is 5.28 Å². The fraction of sp³-hybridized carbons (Fsp3) is 0.273. The van der Waals surface area contributed by atoms with Crippen molar-refractivity contribution in [3.8, 4) is 0 Å². The van der Waals surface area contributed by atoms with E-state index in [1.807, 2.05) is 18.2 Å². The molecule has 2 rings (SSSR count). The Labute approximate surface area is 97.6 Å². The molecule has 0 saturated carbocycles. The van der Waals surface area contributed by atoms with Crippen LogP contribution in [0.3, 0.4) is 0 Å². The molecule has 2 aromatic rings. The summed E-state index contributed by atoms with van der Waals surface area (Å²) >= 11 is 5.77. The van der Waals surface area contributed by atoms with Gasteiger partial charge in [0.25, 0.3) is 0 Å². The summed E-state index contributed by atoms with van der Waals surface area (Å²) in [5.41, 5.74) is 2.37. The summed E-state index contributed by atoms with van der Waals surface area (Å²) in [4.78, 5) is 18.4. The van der Waals surface area contributed by atoms with Crippen LogP contribution < -0.4 is 0 Å². The van der Waals surface area contributed by atoms with Crippen molar-refractivity contribution in [1.29, 1.82) is 0 Å². The van der Waals surface area contributed by atoms with Crippen LogP contribution in [0.1, 0.15) is 12.5 Å². The Morgan fingerprint density at radius 3 is 3.12 bits per heavy atom. The highest BCUT2D eigenvalue weighted by molar-refractivity contribution is 6.29. The molecule has 16 heavy (non-hydrogen) atoms. The first-order valence-corrected chi connectivity index (χ1v) is 5.37. The van der Waals surface area contributed by atoms with Gasteiger partial charge in [-0.05, 0) is 30.2 Å². The first kappa shape index (κ1) is 11.0. The third-order valence-corrected chi connectivity index (χ3v) is 2.39. The number of halogens is 1. The number of ether oxygens (including phenoxy) is 1. The Hall–Kier alpha value is -1.55. The second-order valence-electron chi connectivity index (χ2n) is 3.32. The first-order chi connectivity index (χ1) is 7.70. The lowest BCUT2D eigenvalue weighted by Gasteiger charge is -2.02. The number of carbonyl (C=O) groups is 1. The van der Waals surface area contributed by atoms with Crippen molar-refractivity contribution in [2.24, 2.45) is 0 Å². The predicted octanol–water partition coefficient (Wildman–Crippen LogP) is 2.32. The molecular formula is C11H11ClN2O2. The van der Waals surface area contributed by atoms with E-state index >= 15 is 0 Å². The standard InChI is InChI=1S/C11H11ClN2O2/c1-2-16-9(15)6-7-4-3-5-8-10(7)14-11(12)13-8/h3-5H,2,6H2,1H3,(H,13,14). The molecule has 5 heteroatoms. The highest BCUT2D eigenvalue weighted by Gasteiger charge is 2.10. The third kappa shape index (κ3) is 2.17. The second kappa shape index (κ2) is 4.53. The fourth-order valence-corrected chi connectivity index (χ4v) is 1.76. The lowest BCUT2D eigenvalue weighted by atomic mass is 10.1. The highest BCUT2D eigenvalue weighted by Crippen LogP contribution is 2.19. The van der Waals surface area contributed by atoms with E-state index in [1.165, 1.54) is 0 Å². The number of nitrogens with one attached hydrogen (secondary N) is 1. The molecule has 4 nitrogen and oxygen atoms in total. The van der Waals surface area contributed by atoms with Crippen LogP contribution in [0.5, 0.6) is 0 Å². The number of H-pyrrole nitrogens is 1. The molecule has 84 valence electrons. The van der Waals surface area contributed by atoms with E-state index in [9.17, 15) is 4.79 Å². The van der Waals surface area contributed by atoms with E-state index in [4.69, 9.17) is 16.3 Å². The molecule has 1 aromatic heterocycles. The molecule has 0 radical (unpaired) electrons. The summed E-state index contributed by atoms with van der Waals surface area (Å²) in [6, 6.07) is 5.56. The van der Waals surface area contributed by atoms with Gasteiger partial charge in [0.1, 0.15) is 0 Å². The first-order valence-electron chi connectivity index (χ1n) is 4.99. The maximum absolute atomic E-state index is 11.4. The Balaban J connectivity index is 2.33. The number of para-hydroxylation sites is 1. The average molecular weight is 239 g/mol. The molecule has 1 aromatic carbocycles. The van der Waals surface area contributed by atoms with Crippen LogP contribution in [0.15, 0.2) is 18.2 Å². The van der Waals surface area contributed by atoms with Crippen LogP contribution in [0, 0.1) is 0 Å². The minimum absolute atomic E-state index is 0.215. The summed E-state index contributed by atoms with van der Waals surface area (Å²) in [6.45, 7) is 2.17. The number of rotatable bonds is 3. The molecule has 0 unspecified atom stereocenters. The summed E-state index contributed by atoms with van der Waals surface area (Å²) in [6.07, 6.45) is 0.215. The smallest absolute Gasteiger partial charge is 0.310 e. The zero-order valence-corrected chi connectivity index (χ0v) is 9.54. The van der Waals surface area contributed by atoms with E-state index < -0.39 is 0 Å². The van der Waals surface area contributed by atoms with Crippen molar-refractivity contribution in [2.45, 2.75) is 13.3 Å². The van der Waals surface area contributed by atoms with Crippen molar-refractivity contribution in [1.82, 2.24) is 9.97 Å². The number of imidazole rings is 1. The minimum Gasteiger partial charge on any atom is -0.466 e. The Kier molecular flexibility index (Phi) is 3.10. The summed E-state index contributed by atoms with van der Waals surface area (Å²) < 4.78 is 4.89. The van der Waals surface area contributed by atoms with Gasteiger partial charge in [-0.15, -0.1) is 0 Å². The summed E-state index contributed by atoms with van der Waals surface area (Å²) in [5.74, 6) is -0.255. The average Bonchev–Trinajstić information content (AvgIpc) is 2.60. The lowest BCUT2D eigenvalue weighted by molar-refractivity contribution is -0.142. The monoisotopic (exact) mass is 238 g/mol. The molecule has 0 saturated heterocycles. The molecule has 0 atom stereocenters. The van der Waals surface area contributed by atoms with Gasteiger partial charge in [0.05, 0.1) is 24.1 Å². The van der Waals surface area contributed by atoms with Gasteiger partial charge < -0.3 is 9.72 Å². The third-order valence-electron chi connectivity index (χ3n) is 2.21. The van der Waals surface area contributed by atoms with Crippen LogP contribution >= 0.6 is 11.6 Å². The number of nitrogens with zero attached hydrogens (tertiary/aromatic N) is 1. The van der Waals surface area contributed by atoms with Gasteiger partial charge in [-0.2, -0.15) is 0 Å². The fourth-order valence-electron chi connectivity index (χ4n) is 1.57. The number of esters is 1. The van der Waals surface area contributed by atoms with Gasteiger partial charge in [0.15, 0.2) is 0 Å². The molecule has 1 heterocycles. The van der Waals surface area contributed by atoms with Crippen LogP contribution in [-0.4, -0.2) is 22.5 Å². The highest BCUT2D eigenvalue weighted by atomic mass is 35.5. The van der Waals surface area contributed by atoms with E-state index in [0.29, 0.717) is 11.9 Å². The lowest BCUT2D eigenvalue weighted by Crippen LogP contribution is -2.07. The predicted molar refractivity (Wildman–Crippen MR) is 61.4 cm³/mol. The van der Waals surface area contributed by atoms with Crippen LogP contribution in [0.25, 0.3) is 11.0 Å². The van der Waals surface area contributed by atoms with Gasteiger partial charge in [0, 0.05) is 0 Å². The number of benzene rings is 1. The van der Waals surface area contributed by atoms with Crippen LogP contribution in [0.2, 0.25) is 5.28 Å². The maximum Gasteiger partial charge on any atom is 0.310 e.